The van der Waals surface area contributed by atoms with Crippen molar-refractivity contribution in [1.29, 1.82) is 0 Å². The van der Waals surface area contributed by atoms with Gasteiger partial charge in [0.1, 0.15) is 11.7 Å². The van der Waals surface area contributed by atoms with Crippen LogP contribution in [0.5, 0.6) is 0 Å². The van der Waals surface area contributed by atoms with E-state index in [0.717, 1.165) is 6.42 Å². The number of benzene rings is 1. The molecular weight excluding hydrogens is 176 g/mol. The zero-order chi connectivity index (χ0) is 10.2. The van der Waals surface area contributed by atoms with Crippen molar-refractivity contribution >= 4 is 0 Å². The van der Waals surface area contributed by atoms with Crippen molar-refractivity contribution in [2.45, 2.75) is 38.9 Å². The van der Waals surface area contributed by atoms with Crippen molar-refractivity contribution in [3.05, 3.63) is 35.4 Å². The molecule has 0 bridgehead atoms. The molecule has 2 heteroatoms. The summed E-state index contributed by atoms with van der Waals surface area (Å²) in [5, 5.41) is 0. The predicted molar refractivity (Wildman–Crippen MR) is 54.8 cm³/mol. The molecule has 1 unspecified atom stereocenters. The molecule has 1 fully saturated rings. The van der Waals surface area contributed by atoms with Gasteiger partial charge >= 0.3 is 0 Å². The Morgan fingerprint density at radius 1 is 1.29 bits per heavy atom. The fourth-order valence-electron chi connectivity index (χ4n) is 1.81. The minimum atomic E-state index is -0.160. The van der Waals surface area contributed by atoms with Crippen LogP contribution in [0.3, 0.4) is 0 Å². The quantitative estimate of drug-likeness (QED) is 0.636. The first-order valence-electron chi connectivity index (χ1n) is 4.98. The molecule has 1 aliphatic rings. The standard InChI is InChI=1S/C12H16O2/c1-9-6-4-5-7-10(9)11-8-12(2,3)14-13-11/h4-7,11H,8H2,1-3H3. The smallest absolute Gasteiger partial charge is 0.121 e. The monoisotopic (exact) mass is 192 g/mol. The zero-order valence-electron chi connectivity index (χ0n) is 8.91. The number of hydrogen-bond acceptors (Lipinski definition) is 2. The van der Waals surface area contributed by atoms with Crippen molar-refractivity contribution in [2.24, 2.45) is 0 Å². The fraction of sp³-hybridized carbons (Fsp3) is 0.500. The first-order valence-corrected chi connectivity index (χ1v) is 4.98. The minimum Gasteiger partial charge on any atom is -0.230 e. The maximum Gasteiger partial charge on any atom is 0.121 e. The first-order chi connectivity index (χ1) is 6.58. The van der Waals surface area contributed by atoms with Gasteiger partial charge in [0.2, 0.25) is 0 Å². The fourth-order valence-corrected chi connectivity index (χ4v) is 1.81. The van der Waals surface area contributed by atoms with Gasteiger partial charge in [0.25, 0.3) is 0 Å². The van der Waals surface area contributed by atoms with Crippen LogP contribution in [-0.2, 0) is 9.78 Å². The third kappa shape index (κ3) is 1.81. The summed E-state index contributed by atoms with van der Waals surface area (Å²) in [7, 11) is 0. The molecule has 0 aliphatic carbocycles. The van der Waals surface area contributed by atoms with E-state index >= 15 is 0 Å². The Kier molecular flexibility index (Phi) is 2.33. The third-order valence-electron chi connectivity index (χ3n) is 2.60. The van der Waals surface area contributed by atoms with Crippen molar-refractivity contribution < 1.29 is 9.78 Å². The maximum absolute atomic E-state index is 5.34. The van der Waals surface area contributed by atoms with Crippen LogP contribution in [0.15, 0.2) is 24.3 Å². The molecule has 2 nitrogen and oxygen atoms in total. The molecule has 1 aromatic carbocycles. The molecule has 0 aromatic heterocycles. The van der Waals surface area contributed by atoms with Gasteiger partial charge in [-0.3, -0.25) is 0 Å². The number of aryl methyl sites for hydroxylation is 1. The topological polar surface area (TPSA) is 18.5 Å². The number of rotatable bonds is 1. The SMILES string of the molecule is Cc1ccccc1C1CC(C)(C)OO1. The minimum absolute atomic E-state index is 0.0891. The second kappa shape index (κ2) is 3.37. The summed E-state index contributed by atoms with van der Waals surface area (Å²) in [5.74, 6) is 0. The molecule has 1 aliphatic heterocycles. The van der Waals surface area contributed by atoms with E-state index in [9.17, 15) is 0 Å². The summed E-state index contributed by atoms with van der Waals surface area (Å²) in [5.41, 5.74) is 2.34. The van der Waals surface area contributed by atoms with Crippen LogP contribution in [0, 0.1) is 6.92 Å². The van der Waals surface area contributed by atoms with Crippen LogP contribution in [0.1, 0.15) is 37.5 Å². The van der Waals surface area contributed by atoms with Gasteiger partial charge in [-0.1, -0.05) is 24.3 Å². The Morgan fingerprint density at radius 3 is 2.57 bits per heavy atom. The molecule has 1 saturated heterocycles. The molecule has 76 valence electrons. The van der Waals surface area contributed by atoms with Gasteiger partial charge in [0, 0.05) is 6.42 Å². The van der Waals surface area contributed by atoms with Gasteiger partial charge in [-0.25, -0.2) is 9.78 Å². The molecule has 0 spiro atoms. The van der Waals surface area contributed by atoms with Gasteiger partial charge in [-0.05, 0) is 31.9 Å². The van der Waals surface area contributed by atoms with Crippen LogP contribution in [0.4, 0.5) is 0 Å². The average Bonchev–Trinajstić information content (AvgIpc) is 2.47. The van der Waals surface area contributed by atoms with Crippen LogP contribution >= 0.6 is 0 Å². The van der Waals surface area contributed by atoms with Crippen LogP contribution in [0.25, 0.3) is 0 Å². The van der Waals surface area contributed by atoms with E-state index in [0.29, 0.717) is 0 Å². The summed E-state index contributed by atoms with van der Waals surface area (Å²) in [6.07, 6.45) is 1.00. The normalized spacial score (nSPS) is 25.2. The van der Waals surface area contributed by atoms with E-state index in [1.54, 1.807) is 0 Å². The van der Waals surface area contributed by atoms with Crippen LogP contribution in [0.2, 0.25) is 0 Å². The van der Waals surface area contributed by atoms with Gasteiger partial charge < -0.3 is 0 Å². The van der Waals surface area contributed by atoms with E-state index in [4.69, 9.17) is 9.78 Å². The molecule has 1 heterocycles. The summed E-state index contributed by atoms with van der Waals surface area (Å²) in [4.78, 5) is 10.6. The summed E-state index contributed by atoms with van der Waals surface area (Å²) in [6.45, 7) is 6.20. The maximum atomic E-state index is 5.34. The van der Waals surface area contributed by atoms with Gasteiger partial charge in [0.15, 0.2) is 0 Å². The lowest BCUT2D eigenvalue weighted by Gasteiger charge is -2.12. The molecular formula is C12H16O2. The van der Waals surface area contributed by atoms with Gasteiger partial charge in [0.05, 0.1) is 0 Å². The lowest BCUT2D eigenvalue weighted by molar-refractivity contribution is -0.320. The molecule has 1 aromatic rings. The zero-order valence-corrected chi connectivity index (χ0v) is 8.91. The van der Waals surface area contributed by atoms with E-state index in [1.165, 1.54) is 11.1 Å². The van der Waals surface area contributed by atoms with Gasteiger partial charge in [-0.15, -0.1) is 0 Å². The summed E-state index contributed by atoms with van der Waals surface area (Å²) in [6, 6.07) is 8.28. The average molecular weight is 192 g/mol. The van der Waals surface area contributed by atoms with Gasteiger partial charge in [-0.2, -0.15) is 0 Å². The predicted octanol–water partition coefficient (Wildman–Crippen LogP) is 3.17. The largest absolute Gasteiger partial charge is 0.230 e. The van der Waals surface area contributed by atoms with Crippen molar-refractivity contribution in [3.63, 3.8) is 0 Å². The first kappa shape index (κ1) is 9.69. The Bertz CT molecular complexity index is 331. The Balaban J connectivity index is 2.22. The molecule has 0 radical (unpaired) electrons. The van der Waals surface area contributed by atoms with Crippen molar-refractivity contribution in [1.82, 2.24) is 0 Å². The van der Waals surface area contributed by atoms with E-state index in [2.05, 4.69) is 19.1 Å². The van der Waals surface area contributed by atoms with Crippen LogP contribution in [-0.4, -0.2) is 5.60 Å². The van der Waals surface area contributed by atoms with E-state index < -0.39 is 0 Å². The molecule has 0 amide bonds. The molecule has 0 saturated carbocycles. The second-order valence-electron chi connectivity index (χ2n) is 4.49. The highest BCUT2D eigenvalue weighted by molar-refractivity contribution is 5.28. The highest BCUT2D eigenvalue weighted by Gasteiger charge is 2.35. The molecule has 14 heavy (non-hydrogen) atoms. The summed E-state index contributed by atoms with van der Waals surface area (Å²) >= 11 is 0. The molecule has 2 rings (SSSR count). The molecule has 1 atom stereocenters. The van der Waals surface area contributed by atoms with Crippen molar-refractivity contribution in [2.75, 3.05) is 0 Å². The van der Waals surface area contributed by atoms with Crippen LogP contribution < -0.4 is 0 Å². The lowest BCUT2D eigenvalue weighted by Crippen LogP contribution is -2.16. The highest BCUT2D eigenvalue weighted by Crippen LogP contribution is 2.38. The summed E-state index contributed by atoms with van der Waals surface area (Å²) < 4.78 is 0. The Morgan fingerprint density at radius 2 is 2.00 bits per heavy atom. The van der Waals surface area contributed by atoms with Crippen molar-refractivity contribution in [3.8, 4) is 0 Å². The molecule has 0 N–H and O–H groups in total. The number of hydrogen-bond donors (Lipinski definition) is 0. The highest BCUT2D eigenvalue weighted by atomic mass is 17.2. The Labute approximate surface area is 84.8 Å². The Hall–Kier alpha value is -0.860. The van der Waals surface area contributed by atoms with E-state index in [-0.39, 0.29) is 11.7 Å². The lowest BCUT2D eigenvalue weighted by atomic mass is 9.95. The van der Waals surface area contributed by atoms with E-state index in [1.807, 2.05) is 26.0 Å². The second-order valence-corrected chi connectivity index (χ2v) is 4.49. The third-order valence-corrected chi connectivity index (χ3v) is 2.60.